The second kappa shape index (κ2) is 8.35. The van der Waals surface area contributed by atoms with Crippen LogP contribution in [0.2, 0.25) is 0 Å². The number of nitrogens with one attached hydrogen (secondary N) is 2. The average molecular weight is 409 g/mol. The van der Waals surface area contributed by atoms with Crippen LogP contribution in [0.25, 0.3) is 10.8 Å². The first-order valence-electron chi connectivity index (χ1n) is 9.88. The zero-order valence-corrected chi connectivity index (χ0v) is 16.9. The van der Waals surface area contributed by atoms with Gasteiger partial charge in [0, 0.05) is 5.92 Å². The molecule has 0 atom stereocenters. The Morgan fingerprint density at radius 1 is 0.793 bits per heavy atom. The van der Waals surface area contributed by atoms with E-state index in [4.69, 9.17) is 0 Å². The number of carbonyl (C=O) groups excluding carboxylic acids is 1. The number of rotatable bonds is 5. The van der Waals surface area contributed by atoms with Crippen LogP contribution in [-0.2, 0) is 14.8 Å². The summed E-state index contributed by atoms with van der Waals surface area (Å²) in [6.07, 6.45) is 3.37. The van der Waals surface area contributed by atoms with Crippen LogP contribution in [0.1, 0.15) is 37.2 Å². The average Bonchev–Trinajstić information content (AvgIpc) is 2.78. The molecule has 0 heterocycles. The summed E-state index contributed by atoms with van der Waals surface area (Å²) in [5, 5.41) is 1.80. The highest BCUT2D eigenvalue weighted by Crippen LogP contribution is 2.35. The Labute approximate surface area is 171 Å². The number of hydrazine groups is 1. The predicted octanol–water partition coefficient (Wildman–Crippen LogP) is 4.12. The molecule has 3 aromatic carbocycles. The molecule has 0 unspecified atom stereocenters. The van der Waals surface area contributed by atoms with E-state index >= 15 is 0 Å². The van der Waals surface area contributed by atoms with Gasteiger partial charge in [-0.3, -0.25) is 10.2 Å². The standard InChI is InChI=1S/C23H24N2O3S/c26-23(20-12-10-19(11-13-20)17-6-2-1-3-7-17)24-25-29(27,28)22-15-14-18-8-4-5-9-21(18)16-22/h1-9,14-16,19-20,25H,10-13H2,(H,24,26). The van der Waals surface area contributed by atoms with Crippen molar-refractivity contribution >= 4 is 26.7 Å². The van der Waals surface area contributed by atoms with Gasteiger partial charge in [0.25, 0.3) is 10.0 Å². The van der Waals surface area contributed by atoms with Crippen LogP contribution in [0, 0.1) is 5.92 Å². The molecule has 0 aromatic heterocycles. The molecule has 1 amide bonds. The van der Waals surface area contributed by atoms with E-state index in [2.05, 4.69) is 22.4 Å². The lowest BCUT2D eigenvalue weighted by atomic mass is 9.78. The number of carbonyl (C=O) groups is 1. The Morgan fingerprint density at radius 2 is 1.45 bits per heavy atom. The van der Waals surface area contributed by atoms with Gasteiger partial charge in [0.15, 0.2) is 0 Å². The maximum atomic E-state index is 12.6. The third kappa shape index (κ3) is 4.49. The highest BCUT2D eigenvalue weighted by atomic mass is 32.2. The summed E-state index contributed by atoms with van der Waals surface area (Å²) in [4.78, 5) is 14.9. The molecule has 0 spiro atoms. The third-order valence-corrected chi connectivity index (χ3v) is 6.95. The van der Waals surface area contributed by atoms with E-state index in [0.717, 1.165) is 36.5 Å². The Hall–Kier alpha value is -2.70. The minimum Gasteiger partial charge on any atom is -0.277 e. The first-order chi connectivity index (χ1) is 14.0. The van der Waals surface area contributed by atoms with Gasteiger partial charge in [-0.1, -0.05) is 60.7 Å². The molecule has 1 aliphatic carbocycles. The lowest BCUT2D eigenvalue weighted by molar-refractivity contribution is -0.126. The molecule has 3 aromatic rings. The third-order valence-electron chi connectivity index (χ3n) is 5.71. The summed E-state index contributed by atoms with van der Waals surface area (Å²) in [7, 11) is -3.82. The van der Waals surface area contributed by atoms with Crippen LogP contribution >= 0.6 is 0 Å². The van der Waals surface area contributed by atoms with Crippen LogP contribution in [-0.4, -0.2) is 14.3 Å². The first kappa shape index (κ1) is 19.6. The second-order valence-corrected chi connectivity index (χ2v) is 9.25. The van der Waals surface area contributed by atoms with Crippen molar-refractivity contribution in [2.24, 2.45) is 5.92 Å². The molecule has 1 aliphatic rings. The van der Waals surface area contributed by atoms with E-state index in [1.165, 1.54) is 5.56 Å². The van der Waals surface area contributed by atoms with Crippen molar-refractivity contribution in [2.45, 2.75) is 36.5 Å². The van der Waals surface area contributed by atoms with Gasteiger partial charge in [-0.2, -0.15) is 0 Å². The van der Waals surface area contributed by atoms with Crippen molar-refractivity contribution in [2.75, 3.05) is 0 Å². The number of fused-ring (bicyclic) bond motifs is 1. The molecule has 4 rings (SSSR count). The van der Waals surface area contributed by atoms with E-state index in [-0.39, 0.29) is 16.7 Å². The zero-order valence-electron chi connectivity index (χ0n) is 16.0. The minimum atomic E-state index is -3.82. The molecular weight excluding hydrogens is 384 g/mol. The molecule has 29 heavy (non-hydrogen) atoms. The number of hydrogen-bond donors (Lipinski definition) is 2. The van der Waals surface area contributed by atoms with Gasteiger partial charge < -0.3 is 0 Å². The maximum Gasteiger partial charge on any atom is 0.257 e. The quantitative estimate of drug-likeness (QED) is 0.624. The fourth-order valence-corrected chi connectivity index (χ4v) is 4.91. The minimum absolute atomic E-state index is 0.129. The normalized spacial score (nSPS) is 19.7. The lowest BCUT2D eigenvalue weighted by Gasteiger charge is -2.28. The molecule has 0 saturated heterocycles. The summed E-state index contributed by atoms with van der Waals surface area (Å²) >= 11 is 0. The van der Waals surface area contributed by atoms with Crippen LogP contribution < -0.4 is 10.3 Å². The maximum absolute atomic E-state index is 12.6. The van der Waals surface area contributed by atoms with E-state index in [0.29, 0.717) is 5.92 Å². The molecular formula is C23H24N2O3S. The SMILES string of the molecule is O=C(NNS(=O)(=O)c1ccc2ccccc2c1)C1CCC(c2ccccc2)CC1. The van der Waals surface area contributed by atoms with Gasteiger partial charge in [-0.15, -0.1) is 4.83 Å². The van der Waals surface area contributed by atoms with Gasteiger partial charge >= 0.3 is 0 Å². The van der Waals surface area contributed by atoms with Crippen molar-refractivity contribution in [3.05, 3.63) is 78.4 Å². The van der Waals surface area contributed by atoms with Crippen LogP contribution in [0.3, 0.4) is 0 Å². The van der Waals surface area contributed by atoms with E-state index in [9.17, 15) is 13.2 Å². The molecule has 0 aliphatic heterocycles. The molecule has 1 saturated carbocycles. The van der Waals surface area contributed by atoms with Gasteiger partial charge in [0.2, 0.25) is 5.91 Å². The Bertz CT molecular complexity index is 1110. The molecule has 5 nitrogen and oxygen atoms in total. The fraction of sp³-hybridized carbons (Fsp3) is 0.261. The number of amides is 1. The van der Waals surface area contributed by atoms with Crippen molar-refractivity contribution in [1.82, 2.24) is 10.3 Å². The number of benzene rings is 3. The van der Waals surface area contributed by atoms with Crippen molar-refractivity contribution < 1.29 is 13.2 Å². The van der Waals surface area contributed by atoms with Crippen LogP contribution in [0.5, 0.6) is 0 Å². The van der Waals surface area contributed by atoms with Gasteiger partial charge in [0.05, 0.1) is 4.90 Å². The van der Waals surface area contributed by atoms with E-state index < -0.39 is 10.0 Å². The van der Waals surface area contributed by atoms with E-state index in [1.54, 1.807) is 18.2 Å². The Balaban J connectivity index is 1.35. The molecule has 6 heteroatoms. The highest BCUT2D eigenvalue weighted by Gasteiger charge is 2.28. The molecule has 0 radical (unpaired) electrons. The lowest BCUT2D eigenvalue weighted by Crippen LogP contribution is -2.45. The summed E-state index contributed by atoms with van der Waals surface area (Å²) in [5.41, 5.74) is 3.73. The van der Waals surface area contributed by atoms with Crippen molar-refractivity contribution in [1.29, 1.82) is 0 Å². The summed E-state index contributed by atoms with van der Waals surface area (Å²) in [5.74, 6) is 0.0321. The number of hydrogen-bond acceptors (Lipinski definition) is 3. The van der Waals surface area contributed by atoms with E-state index in [1.807, 2.05) is 42.5 Å². The monoisotopic (exact) mass is 408 g/mol. The fourth-order valence-electron chi connectivity index (χ4n) is 4.03. The van der Waals surface area contributed by atoms with Crippen LogP contribution in [0.4, 0.5) is 0 Å². The molecule has 1 fully saturated rings. The summed E-state index contributed by atoms with van der Waals surface area (Å²) < 4.78 is 25.1. The summed E-state index contributed by atoms with van der Waals surface area (Å²) in [6, 6.07) is 22.8. The van der Waals surface area contributed by atoms with Crippen molar-refractivity contribution in [3.8, 4) is 0 Å². The smallest absolute Gasteiger partial charge is 0.257 e. The number of sulfonamides is 1. The molecule has 0 bridgehead atoms. The second-order valence-electron chi connectivity index (χ2n) is 7.56. The van der Waals surface area contributed by atoms with Gasteiger partial charge in [-0.05, 0) is 60.1 Å². The van der Waals surface area contributed by atoms with Gasteiger partial charge in [0.1, 0.15) is 0 Å². The Morgan fingerprint density at radius 3 is 2.17 bits per heavy atom. The Kier molecular flexibility index (Phi) is 5.65. The molecule has 150 valence electrons. The predicted molar refractivity (Wildman–Crippen MR) is 114 cm³/mol. The highest BCUT2D eigenvalue weighted by molar-refractivity contribution is 7.89. The molecule has 2 N–H and O–H groups in total. The zero-order chi connectivity index (χ0) is 20.3. The topological polar surface area (TPSA) is 75.3 Å². The summed E-state index contributed by atoms with van der Waals surface area (Å²) in [6.45, 7) is 0. The van der Waals surface area contributed by atoms with Gasteiger partial charge in [-0.25, -0.2) is 8.42 Å². The largest absolute Gasteiger partial charge is 0.277 e. The van der Waals surface area contributed by atoms with Crippen LogP contribution in [0.15, 0.2) is 77.7 Å². The first-order valence-corrected chi connectivity index (χ1v) is 11.4. The van der Waals surface area contributed by atoms with Crippen molar-refractivity contribution in [3.63, 3.8) is 0 Å².